The second-order valence-electron chi connectivity index (χ2n) is 4.39. The van der Waals surface area contributed by atoms with E-state index in [-0.39, 0.29) is 5.56 Å². The van der Waals surface area contributed by atoms with Crippen molar-refractivity contribution in [3.8, 4) is 0 Å². The molecule has 2 heterocycles. The van der Waals surface area contributed by atoms with E-state index in [2.05, 4.69) is 10.3 Å². The Labute approximate surface area is 114 Å². The molecule has 0 saturated heterocycles. The predicted octanol–water partition coefficient (Wildman–Crippen LogP) is 2.05. The first-order chi connectivity index (χ1) is 9.74. The van der Waals surface area contributed by atoms with Crippen LogP contribution in [0.25, 0.3) is 11.0 Å². The monoisotopic (exact) mass is 268 g/mol. The molecule has 2 aromatic heterocycles. The van der Waals surface area contributed by atoms with E-state index in [1.54, 1.807) is 36.7 Å². The molecule has 0 unspecified atom stereocenters. The van der Waals surface area contributed by atoms with Gasteiger partial charge in [-0.25, -0.2) is 4.79 Å². The quantitative estimate of drug-likeness (QED) is 0.714. The topological polar surface area (TPSA) is 75.1 Å². The van der Waals surface area contributed by atoms with Gasteiger partial charge in [-0.15, -0.1) is 0 Å². The molecule has 3 rings (SSSR count). The number of H-pyrrole nitrogens is 1. The molecular weight excluding hydrogens is 256 g/mol. The van der Waals surface area contributed by atoms with Crippen molar-refractivity contribution in [3.05, 3.63) is 70.3 Å². The number of aromatic amines is 1. The largest absolute Gasteiger partial charge is 0.422 e. The molecule has 0 radical (unpaired) electrons. The lowest BCUT2D eigenvalue weighted by Gasteiger charge is -2.04. The standard InChI is InChI=1S/C15H12N2O3/c18-14(17-9-10-5-6-16-8-10)12-7-11-3-1-2-4-13(11)20-15(12)19/h1-8,16H,9H2,(H,17,18). The minimum absolute atomic E-state index is 0.0132. The van der Waals surface area contributed by atoms with Crippen molar-refractivity contribution >= 4 is 16.9 Å². The highest BCUT2D eigenvalue weighted by Crippen LogP contribution is 2.12. The van der Waals surface area contributed by atoms with Crippen LogP contribution in [-0.2, 0) is 6.54 Å². The summed E-state index contributed by atoms with van der Waals surface area (Å²) < 4.78 is 5.13. The van der Waals surface area contributed by atoms with Crippen LogP contribution >= 0.6 is 0 Å². The Morgan fingerprint density at radius 3 is 2.90 bits per heavy atom. The van der Waals surface area contributed by atoms with Gasteiger partial charge >= 0.3 is 5.63 Å². The number of para-hydroxylation sites is 1. The average Bonchev–Trinajstić information content (AvgIpc) is 2.97. The number of hydrogen-bond acceptors (Lipinski definition) is 3. The summed E-state index contributed by atoms with van der Waals surface area (Å²) in [6.07, 6.45) is 3.55. The van der Waals surface area contributed by atoms with Gasteiger partial charge in [0, 0.05) is 24.3 Å². The van der Waals surface area contributed by atoms with Gasteiger partial charge in [-0.05, 0) is 23.8 Å². The predicted molar refractivity (Wildman–Crippen MR) is 74.4 cm³/mol. The Morgan fingerprint density at radius 2 is 2.10 bits per heavy atom. The fourth-order valence-electron chi connectivity index (χ4n) is 1.97. The van der Waals surface area contributed by atoms with Gasteiger partial charge in [-0.3, -0.25) is 4.79 Å². The van der Waals surface area contributed by atoms with Crippen LogP contribution in [0.4, 0.5) is 0 Å². The fraction of sp³-hybridized carbons (Fsp3) is 0.0667. The van der Waals surface area contributed by atoms with Crippen molar-refractivity contribution < 1.29 is 9.21 Å². The number of nitrogens with one attached hydrogen (secondary N) is 2. The molecule has 0 atom stereocenters. The molecular formula is C15H12N2O3. The number of rotatable bonds is 3. The molecule has 0 spiro atoms. The molecule has 0 saturated carbocycles. The summed E-state index contributed by atoms with van der Waals surface area (Å²) in [7, 11) is 0. The molecule has 2 N–H and O–H groups in total. The van der Waals surface area contributed by atoms with Gasteiger partial charge in [0.2, 0.25) is 0 Å². The van der Waals surface area contributed by atoms with Crippen molar-refractivity contribution in [2.24, 2.45) is 0 Å². The molecule has 5 nitrogen and oxygen atoms in total. The second-order valence-corrected chi connectivity index (χ2v) is 4.39. The van der Waals surface area contributed by atoms with Crippen LogP contribution in [0.3, 0.4) is 0 Å². The van der Waals surface area contributed by atoms with Gasteiger partial charge in [0.15, 0.2) is 0 Å². The first kappa shape index (κ1) is 12.2. The SMILES string of the molecule is O=C(NCc1cc[nH]c1)c1cc2ccccc2oc1=O. The Hall–Kier alpha value is -2.82. The molecule has 0 aliphatic rings. The zero-order valence-electron chi connectivity index (χ0n) is 10.6. The van der Waals surface area contributed by atoms with Crippen molar-refractivity contribution in [2.75, 3.05) is 0 Å². The van der Waals surface area contributed by atoms with Gasteiger partial charge in [-0.1, -0.05) is 18.2 Å². The van der Waals surface area contributed by atoms with Crippen LogP contribution in [0.2, 0.25) is 0 Å². The number of amides is 1. The molecule has 5 heteroatoms. The van der Waals surface area contributed by atoms with E-state index in [4.69, 9.17) is 4.42 Å². The molecule has 100 valence electrons. The minimum Gasteiger partial charge on any atom is -0.422 e. The maximum Gasteiger partial charge on any atom is 0.349 e. The number of carbonyl (C=O) groups excluding carboxylic acids is 1. The Bertz CT molecular complexity index is 803. The summed E-state index contributed by atoms with van der Waals surface area (Å²) in [6, 6.07) is 10.5. The lowest BCUT2D eigenvalue weighted by Crippen LogP contribution is -2.27. The van der Waals surface area contributed by atoms with Crippen LogP contribution in [0.15, 0.2) is 58.0 Å². The molecule has 3 aromatic rings. The fourth-order valence-corrected chi connectivity index (χ4v) is 1.97. The van der Waals surface area contributed by atoms with E-state index >= 15 is 0 Å². The van der Waals surface area contributed by atoms with E-state index in [1.165, 1.54) is 0 Å². The van der Waals surface area contributed by atoms with E-state index in [1.807, 2.05) is 12.1 Å². The summed E-state index contributed by atoms with van der Waals surface area (Å²) in [6.45, 7) is 0.356. The van der Waals surface area contributed by atoms with Gasteiger partial charge in [0.1, 0.15) is 11.1 Å². The summed E-state index contributed by atoms with van der Waals surface area (Å²) in [5.74, 6) is -0.439. The summed E-state index contributed by atoms with van der Waals surface area (Å²) in [4.78, 5) is 26.7. The molecule has 0 aliphatic heterocycles. The van der Waals surface area contributed by atoms with Crippen LogP contribution in [-0.4, -0.2) is 10.9 Å². The van der Waals surface area contributed by atoms with Gasteiger partial charge in [-0.2, -0.15) is 0 Å². The third kappa shape index (κ3) is 2.33. The van der Waals surface area contributed by atoms with Crippen LogP contribution in [0.1, 0.15) is 15.9 Å². The Kier molecular flexibility index (Phi) is 3.09. The summed E-state index contributed by atoms with van der Waals surface area (Å²) in [5.41, 5.74) is 0.790. The number of carbonyl (C=O) groups is 1. The lowest BCUT2D eigenvalue weighted by molar-refractivity contribution is 0.0947. The normalized spacial score (nSPS) is 10.6. The smallest absolute Gasteiger partial charge is 0.349 e. The average molecular weight is 268 g/mol. The molecule has 0 aliphatic carbocycles. The first-order valence-corrected chi connectivity index (χ1v) is 6.17. The van der Waals surface area contributed by atoms with Crippen LogP contribution < -0.4 is 10.9 Å². The lowest BCUT2D eigenvalue weighted by atomic mass is 10.2. The van der Waals surface area contributed by atoms with E-state index in [0.29, 0.717) is 12.1 Å². The van der Waals surface area contributed by atoms with Crippen LogP contribution in [0.5, 0.6) is 0 Å². The van der Waals surface area contributed by atoms with E-state index in [0.717, 1.165) is 10.9 Å². The zero-order chi connectivity index (χ0) is 13.9. The molecule has 0 fully saturated rings. The molecule has 20 heavy (non-hydrogen) atoms. The zero-order valence-corrected chi connectivity index (χ0v) is 10.6. The third-order valence-corrected chi connectivity index (χ3v) is 3.00. The molecule has 1 amide bonds. The first-order valence-electron chi connectivity index (χ1n) is 6.17. The third-order valence-electron chi connectivity index (χ3n) is 3.00. The summed E-state index contributed by atoms with van der Waals surface area (Å²) >= 11 is 0. The van der Waals surface area contributed by atoms with Crippen molar-refractivity contribution in [1.82, 2.24) is 10.3 Å². The van der Waals surface area contributed by atoms with Crippen molar-refractivity contribution in [2.45, 2.75) is 6.54 Å². The van der Waals surface area contributed by atoms with Crippen LogP contribution in [0, 0.1) is 0 Å². The minimum atomic E-state index is -0.629. The number of hydrogen-bond donors (Lipinski definition) is 2. The van der Waals surface area contributed by atoms with Crippen molar-refractivity contribution in [3.63, 3.8) is 0 Å². The number of fused-ring (bicyclic) bond motifs is 1. The molecule has 0 bridgehead atoms. The van der Waals surface area contributed by atoms with Gasteiger partial charge in [0.05, 0.1) is 0 Å². The number of aromatic nitrogens is 1. The number of benzene rings is 1. The van der Waals surface area contributed by atoms with E-state index < -0.39 is 11.5 Å². The van der Waals surface area contributed by atoms with Gasteiger partial charge in [0.25, 0.3) is 5.91 Å². The Balaban J connectivity index is 1.87. The maximum atomic E-state index is 12.0. The molecule has 1 aromatic carbocycles. The maximum absolute atomic E-state index is 12.0. The highest BCUT2D eigenvalue weighted by molar-refractivity contribution is 5.96. The Morgan fingerprint density at radius 1 is 1.25 bits per heavy atom. The van der Waals surface area contributed by atoms with E-state index in [9.17, 15) is 9.59 Å². The highest BCUT2D eigenvalue weighted by atomic mass is 16.4. The van der Waals surface area contributed by atoms with Gasteiger partial charge < -0.3 is 14.7 Å². The van der Waals surface area contributed by atoms with Crippen molar-refractivity contribution in [1.29, 1.82) is 0 Å². The summed E-state index contributed by atoms with van der Waals surface area (Å²) in [5, 5.41) is 3.41. The second kappa shape index (κ2) is 5.05. The highest BCUT2D eigenvalue weighted by Gasteiger charge is 2.13.